The molecule has 0 bridgehead atoms. The van der Waals surface area contributed by atoms with E-state index in [4.69, 9.17) is 0 Å². The van der Waals surface area contributed by atoms with Crippen LogP contribution in [0.3, 0.4) is 0 Å². The maximum atomic E-state index is 12.5. The van der Waals surface area contributed by atoms with Gasteiger partial charge in [-0.25, -0.2) is 8.42 Å². The van der Waals surface area contributed by atoms with Gasteiger partial charge in [0.15, 0.2) is 9.84 Å². The topological polar surface area (TPSA) is 54.4 Å². The monoisotopic (exact) mass is 266 g/mol. The summed E-state index contributed by atoms with van der Waals surface area (Å²) >= 11 is 0. The van der Waals surface area contributed by atoms with Crippen LogP contribution in [0.2, 0.25) is 0 Å². The van der Waals surface area contributed by atoms with Crippen LogP contribution in [0, 0.1) is 5.92 Å². The molecule has 2 fully saturated rings. The molecule has 1 N–H and O–H groups in total. The minimum Gasteiger partial charge on any atom is -0.388 e. The highest BCUT2D eigenvalue weighted by Crippen LogP contribution is 2.52. The molecule has 98 valence electrons. The van der Waals surface area contributed by atoms with E-state index in [2.05, 4.69) is 0 Å². The van der Waals surface area contributed by atoms with Crippen molar-refractivity contribution in [2.45, 2.75) is 47.9 Å². The molecule has 0 amide bonds. The van der Waals surface area contributed by atoms with Crippen molar-refractivity contribution in [3.05, 3.63) is 30.3 Å². The predicted octanol–water partition coefficient (Wildman–Crippen LogP) is 2.15. The zero-order valence-electron chi connectivity index (χ0n) is 10.2. The highest BCUT2D eigenvalue weighted by atomic mass is 32.2. The van der Waals surface area contributed by atoms with E-state index in [1.165, 1.54) is 0 Å². The summed E-state index contributed by atoms with van der Waals surface area (Å²) in [5, 5.41) is 10.0. The average Bonchev–Trinajstić information content (AvgIpc) is 2.36. The van der Waals surface area contributed by atoms with E-state index in [1.807, 2.05) is 0 Å². The average molecular weight is 266 g/mol. The number of rotatable bonds is 2. The first-order valence-electron chi connectivity index (χ1n) is 6.56. The Balaban J connectivity index is 1.93. The molecule has 1 aromatic carbocycles. The van der Waals surface area contributed by atoms with Gasteiger partial charge in [-0.3, -0.25) is 0 Å². The van der Waals surface area contributed by atoms with Crippen LogP contribution in [0.4, 0.5) is 0 Å². The normalized spacial score (nSPS) is 35.6. The fourth-order valence-corrected chi connectivity index (χ4v) is 5.67. The molecule has 4 heteroatoms. The number of benzene rings is 1. The molecular weight excluding hydrogens is 248 g/mol. The summed E-state index contributed by atoms with van der Waals surface area (Å²) in [6.07, 6.45) is 4.28. The van der Waals surface area contributed by atoms with Gasteiger partial charge in [0.1, 0.15) is 0 Å². The molecule has 3 atom stereocenters. The predicted molar refractivity (Wildman–Crippen MR) is 68.9 cm³/mol. The Bertz CT molecular complexity index is 537. The lowest BCUT2D eigenvalue weighted by molar-refractivity contribution is -0.114. The van der Waals surface area contributed by atoms with Gasteiger partial charge in [-0.1, -0.05) is 31.0 Å². The zero-order valence-corrected chi connectivity index (χ0v) is 11.1. The molecular formula is C14H18O3S. The lowest BCUT2D eigenvalue weighted by Crippen LogP contribution is -2.63. The maximum Gasteiger partial charge on any atom is 0.184 e. The Hall–Kier alpha value is -0.870. The number of hydrogen-bond acceptors (Lipinski definition) is 3. The first-order chi connectivity index (χ1) is 8.55. The molecule has 0 unspecified atom stereocenters. The number of sulfone groups is 1. The quantitative estimate of drug-likeness (QED) is 0.892. The van der Waals surface area contributed by atoms with Crippen LogP contribution >= 0.6 is 0 Å². The van der Waals surface area contributed by atoms with E-state index in [0.29, 0.717) is 17.7 Å². The summed E-state index contributed by atoms with van der Waals surface area (Å²) in [5.74, 6) is 0.190. The van der Waals surface area contributed by atoms with Crippen molar-refractivity contribution in [3.63, 3.8) is 0 Å². The van der Waals surface area contributed by atoms with Gasteiger partial charge in [0, 0.05) is 0 Å². The standard InChI is InChI=1S/C14H18O3S/c15-14-9-5-4-6-11(14)10-13(14)18(16,17)12-7-2-1-3-8-12/h1-3,7-8,11,13,15H,4-6,9-10H2/t11-,13+,14+/m0/s1. The van der Waals surface area contributed by atoms with Crippen molar-refractivity contribution < 1.29 is 13.5 Å². The molecule has 18 heavy (non-hydrogen) atoms. The zero-order chi connectivity index (χ0) is 12.8. The number of aliphatic hydroxyl groups is 1. The third kappa shape index (κ3) is 1.62. The number of hydrogen-bond donors (Lipinski definition) is 1. The summed E-state index contributed by atoms with van der Waals surface area (Å²) in [4.78, 5) is 0.340. The third-order valence-corrected chi connectivity index (χ3v) is 6.87. The van der Waals surface area contributed by atoms with Crippen molar-refractivity contribution in [1.82, 2.24) is 0 Å². The summed E-state index contributed by atoms with van der Waals surface area (Å²) in [5.41, 5.74) is -0.965. The Labute approximate surface area is 108 Å². The SMILES string of the molecule is O=S(=O)(c1ccccc1)[C@@H]1C[C@@H]2CCCC[C@@]21O. The van der Waals surface area contributed by atoms with E-state index in [-0.39, 0.29) is 5.92 Å². The highest BCUT2D eigenvalue weighted by molar-refractivity contribution is 7.92. The van der Waals surface area contributed by atoms with Gasteiger partial charge in [-0.15, -0.1) is 0 Å². The lowest BCUT2D eigenvalue weighted by Gasteiger charge is -2.54. The molecule has 2 aliphatic carbocycles. The van der Waals surface area contributed by atoms with E-state index >= 15 is 0 Å². The molecule has 0 saturated heterocycles. The maximum absolute atomic E-state index is 12.5. The molecule has 0 spiro atoms. The summed E-state index contributed by atoms with van der Waals surface area (Å²) in [7, 11) is -3.38. The Morgan fingerprint density at radius 1 is 1.17 bits per heavy atom. The van der Waals surface area contributed by atoms with E-state index in [9.17, 15) is 13.5 Å². The van der Waals surface area contributed by atoms with E-state index < -0.39 is 20.7 Å². The molecule has 0 aromatic heterocycles. The first-order valence-corrected chi connectivity index (χ1v) is 8.11. The van der Waals surface area contributed by atoms with Crippen molar-refractivity contribution in [2.75, 3.05) is 0 Å². The fraction of sp³-hybridized carbons (Fsp3) is 0.571. The van der Waals surface area contributed by atoms with Gasteiger partial charge >= 0.3 is 0 Å². The Kier molecular flexibility index (Phi) is 2.75. The van der Waals surface area contributed by atoms with Crippen LogP contribution in [0.25, 0.3) is 0 Å². The van der Waals surface area contributed by atoms with Crippen molar-refractivity contribution in [1.29, 1.82) is 0 Å². The lowest BCUT2D eigenvalue weighted by atomic mass is 9.61. The summed E-state index contributed by atoms with van der Waals surface area (Å²) in [6.45, 7) is 0. The molecule has 1 aromatic rings. The second-order valence-electron chi connectivity index (χ2n) is 5.52. The minimum absolute atomic E-state index is 0.190. The molecule has 0 aliphatic heterocycles. The molecule has 2 aliphatic rings. The second kappa shape index (κ2) is 4.07. The van der Waals surface area contributed by atoms with Gasteiger partial charge in [-0.2, -0.15) is 0 Å². The summed E-state index contributed by atoms with van der Waals surface area (Å²) in [6, 6.07) is 8.50. The van der Waals surface area contributed by atoms with Gasteiger partial charge < -0.3 is 5.11 Å². The van der Waals surface area contributed by atoms with Gasteiger partial charge in [0.25, 0.3) is 0 Å². The van der Waals surface area contributed by atoms with Gasteiger partial charge in [-0.05, 0) is 37.3 Å². The second-order valence-corrected chi connectivity index (χ2v) is 7.65. The number of fused-ring (bicyclic) bond motifs is 1. The first kappa shape index (κ1) is 12.2. The van der Waals surface area contributed by atoms with Crippen LogP contribution in [0.15, 0.2) is 35.2 Å². The van der Waals surface area contributed by atoms with Gasteiger partial charge in [0.2, 0.25) is 0 Å². The van der Waals surface area contributed by atoms with Crippen LogP contribution in [-0.4, -0.2) is 24.4 Å². The highest BCUT2D eigenvalue weighted by Gasteiger charge is 2.59. The fourth-order valence-electron chi connectivity index (χ4n) is 3.47. The van der Waals surface area contributed by atoms with Crippen molar-refractivity contribution >= 4 is 9.84 Å². The van der Waals surface area contributed by atoms with E-state index in [0.717, 1.165) is 19.3 Å². The molecule has 3 rings (SSSR count). The molecule has 2 saturated carbocycles. The van der Waals surface area contributed by atoms with Crippen LogP contribution < -0.4 is 0 Å². The van der Waals surface area contributed by atoms with E-state index in [1.54, 1.807) is 30.3 Å². The molecule has 0 heterocycles. The van der Waals surface area contributed by atoms with Crippen LogP contribution in [0.5, 0.6) is 0 Å². The Morgan fingerprint density at radius 3 is 2.56 bits per heavy atom. The molecule has 3 nitrogen and oxygen atoms in total. The van der Waals surface area contributed by atoms with Crippen LogP contribution in [0.1, 0.15) is 32.1 Å². The summed E-state index contributed by atoms with van der Waals surface area (Å²) < 4.78 is 25.0. The van der Waals surface area contributed by atoms with Crippen molar-refractivity contribution in [3.8, 4) is 0 Å². The van der Waals surface area contributed by atoms with Crippen molar-refractivity contribution in [2.24, 2.45) is 5.92 Å². The van der Waals surface area contributed by atoms with Crippen LogP contribution in [-0.2, 0) is 9.84 Å². The Morgan fingerprint density at radius 2 is 1.89 bits per heavy atom. The third-order valence-electron chi connectivity index (χ3n) is 4.59. The minimum atomic E-state index is -3.38. The molecule has 0 radical (unpaired) electrons. The van der Waals surface area contributed by atoms with Gasteiger partial charge in [0.05, 0.1) is 15.7 Å². The smallest absolute Gasteiger partial charge is 0.184 e. The largest absolute Gasteiger partial charge is 0.388 e.